The maximum atomic E-state index is 10.1. The summed E-state index contributed by atoms with van der Waals surface area (Å²) >= 11 is 1.39. The molecule has 20 heavy (non-hydrogen) atoms. The van der Waals surface area contributed by atoms with E-state index in [0.717, 1.165) is 16.7 Å². The zero-order valence-electron chi connectivity index (χ0n) is 10.7. The average Bonchev–Trinajstić information content (AvgIpc) is 2.87. The first kappa shape index (κ1) is 13.0. The molecule has 0 amide bonds. The van der Waals surface area contributed by atoms with Gasteiger partial charge in [-0.25, -0.2) is 4.98 Å². The van der Waals surface area contributed by atoms with Crippen LogP contribution in [0.5, 0.6) is 0 Å². The monoisotopic (exact) mass is 286 g/mol. The molecule has 0 aliphatic heterocycles. The quantitative estimate of drug-likeness (QED) is 0.569. The second kappa shape index (κ2) is 5.56. The largest absolute Gasteiger partial charge is 0.431 e. The predicted octanol–water partition coefficient (Wildman–Crippen LogP) is 3.24. The highest BCUT2D eigenvalue weighted by molar-refractivity contribution is 7.99. The molecule has 102 valence electrons. The van der Waals surface area contributed by atoms with Crippen molar-refractivity contribution in [1.82, 2.24) is 4.98 Å². The Hall–Kier alpha value is -1.98. The summed E-state index contributed by atoms with van der Waals surface area (Å²) in [6, 6.07) is 14.9. The minimum Gasteiger partial charge on any atom is -0.431 e. The van der Waals surface area contributed by atoms with Gasteiger partial charge >= 0.3 is 0 Å². The summed E-state index contributed by atoms with van der Waals surface area (Å²) in [6.07, 6.45) is -0.599. The lowest BCUT2D eigenvalue weighted by atomic mass is 10.1. The van der Waals surface area contributed by atoms with E-state index in [9.17, 15) is 5.11 Å². The summed E-state index contributed by atoms with van der Waals surface area (Å²) in [5, 5.41) is 10.7. The van der Waals surface area contributed by atoms with Crippen molar-refractivity contribution in [2.24, 2.45) is 0 Å². The number of aliphatic hydroxyl groups is 1. The fourth-order valence-electron chi connectivity index (χ4n) is 1.93. The minimum atomic E-state index is -0.599. The number of aliphatic hydroxyl groups excluding tert-OH is 1. The van der Waals surface area contributed by atoms with Crippen molar-refractivity contribution >= 4 is 28.5 Å². The summed E-state index contributed by atoms with van der Waals surface area (Å²) in [7, 11) is 0. The van der Waals surface area contributed by atoms with E-state index in [1.165, 1.54) is 11.8 Å². The molecule has 0 aliphatic rings. The SMILES string of the molecule is Nc1cccc(C(O)CSc2nc3ccccc3o2)c1. The highest BCUT2D eigenvalue weighted by atomic mass is 32.2. The van der Waals surface area contributed by atoms with Gasteiger partial charge in [0.05, 0.1) is 6.10 Å². The standard InChI is InChI=1S/C15H14N2O2S/c16-11-5-3-4-10(8-11)13(18)9-20-15-17-12-6-1-2-7-14(12)19-15/h1-8,13,18H,9,16H2. The third kappa shape index (κ3) is 2.79. The Morgan fingerprint density at radius 3 is 2.85 bits per heavy atom. The van der Waals surface area contributed by atoms with Crippen molar-refractivity contribution < 1.29 is 9.52 Å². The number of rotatable bonds is 4. The Labute approximate surface area is 120 Å². The third-order valence-electron chi connectivity index (χ3n) is 2.93. The Morgan fingerprint density at radius 2 is 2.05 bits per heavy atom. The highest BCUT2D eigenvalue weighted by Crippen LogP contribution is 2.27. The zero-order valence-corrected chi connectivity index (χ0v) is 11.5. The summed E-state index contributed by atoms with van der Waals surface area (Å²) < 4.78 is 5.59. The van der Waals surface area contributed by atoms with Crippen molar-refractivity contribution in [3.63, 3.8) is 0 Å². The van der Waals surface area contributed by atoms with Crippen LogP contribution in [0.4, 0.5) is 5.69 Å². The molecule has 1 atom stereocenters. The Kier molecular flexibility index (Phi) is 3.62. The number of nitrogen functional groups attached to an aromatic ring is 1. The molecule has 0 bridgehead atoms. The first-order valence-electron chi connectivity index (χ1n) is 6.24. The number of nitrogens with two attached hydrogens (primary N) is 1. The van der Waals surface area contributed by atoms with Gasteiger partial charge in [-0.2, -0.15) is 0 Å². The second-order valence-corrected chi connectivity index (χ2v) is 5.42. The molecule has 0 saturated heterocycles. The maximum absolute atomic E-state index is 10.1. The van der Waals surface area contributed by atoms with Crippen LogP contribution in [0.25, 0.3) is 11.1 Å². The molecule has 5 heteroatoms. The number of oxazole rings is 1. The van der Waals surface area contributed by atoms with Crippen LogP contribution in [0.2, 0.25) is 0 Å². The van der Waals surface area contributed by atoms with E-state index in [-0.39, 0.29) is 0 Å². The fraction of sp³-hybridized carbons (Fsp3) is 0.133. The molecule has 1 unspecified atom stereocenters. The zero-order chi connectivity index (χ0) is 13.9. The van der Waals surface area contributed by atoms with Gasteiger partial charge in [-0.05, 0) is 29.8 Å². The molecule has 0 spiro atoms. The van der Waals surface area contributed by atoms with E-state index in [0.29, 0.717) is 16.7 Å². The van der Waals surface area contributed by atoms with E-state index in [4.69, 9.17) is 10.2 Å². The molecule has 1 heterocycles. The molecule has 0 aliphatic carbocycles. The van der Waals surface area contributed by atoms with E-state index < -0.39 is 6.10 Å². The van der Waals surface area contributed by atoms with Crippen LogP contribution in [0.1, 0.15) is 11.7 Å². The molecular weight excluding hydrogens is 272 g/mol. The average molecular weight is 286 g/mol. The number of aromatic nitrogens is 1. The molecule has 3 rings (SSSR count). The predicted molar refractivity (Wildman–Crippen MR) is 80.5 cm³/mol. The maximum Gasteiger partial charge on any atom is 0.256 e. The smallest absolute Gasteiger partial charge is 0.256 e. The van der Waals surface area contributed by atoms with Crippen molar-refractivity contribution in [3.05, 3.63) is 54.1 Å². The van der Waals surface area contributed by atoms with Crippen LogP contribution < -0.4 is 5.73 Å². The van der Waals surface area contributed by atoms with Crippen molar-refractivity contribution in [1.29, 1.82) is 0 Å². The lowest BCUT2D eigenvalue weighted by molar-refractivity contribution is 0.204. The molecule has 0 saturated carbocycles. The first-order chi connectivity index (χ1) is 9.72. The van der Waals surface area contributed by atoms with Gasteiger partial charge in [-0.1, -0.05) is 36.0 Å². The fourth-order valence-corrected chi connectivity index (χ4v) is 2.73. The summed E-state index contributed by atoms with van der Waals surface area (Å²) in [5.74, 6) is 0.469. The molecule has 0 fully saturated rings. The van der Waals surface area contributed by atoms with Gasteiger partial charge in [0, 0.05) is 11.4 Å². The molecule has 4 nitrogen and oxygen atoms in total. The molecule has 0 radical (unpaired) electrons. The summed E-state index contributed by atoms with van der Waals surface area (Å²) in [5.41, 5.74) is 8.74. The highest BCUT2D eigenvalue weighted by Gasteiger charge is 2.11. The van der Waals surface area contributed by atoms with Crippen LogP contribution >= 0.6 is 11.8 Å². The Morgan fingerprint density at radius 1 is 1.20 bits per heavy atom. The van der Waals surface area contributed by atoms with Crippen LogP contribution in [0, 0.1) is 0 Å². The van der Waals surface area contributed by atoms with Gasteiger partial charge in [0.25, 0.3) is 5.22 Å². The minimum absolute atomic E-state index is 0.469. The molecule has 3 N–H and O–H groups in total. The normalized spacial score (nSPS) is 12.7. The number of anilines is 1. The van der Waals surface area contributed by atoms with Gasteiger partial charge in [-0.15, -0.1) is 0 Å². The van der Waals surface area contributed by atoms with E-state index in [1.807, 2.05) is 36.4 Å². The number of benzene rings is 2. The van der Waals surface area contributed by atoms with E-state index in [2.05, 4.69) is 4.98 Å². The van der Waals surface area contributed by atoms with Crippen LogP contribution in [-0.2, 0) is 0 Å². The molecule has 1 aromatic heterocycles. The molecular formula is C15H14N2O2S. The second-order valence-electron chi connectivity index (χ2n) is 4.44. The number of fused-ring (bicyclic) bond motifs is 1. The number of hydrogen-bond donors (Lipinski definition) is 2. The number of hydrogen-bond acceptors (Lipinski definition) is 5. The lowest BCUT2D eigenvalue weighted by Gasteiger charge is -2.09. The third-order valence-corrected chi connectivity index (χ3v) is 3.84. The lowest BCUT2D eigenvalue weighted by Crippen LogP contribution is -2.01. The number of para-hydroxylation sites is 2. The van der Waals surface area contributed by atoms with E-state index in [1.54, 1.807) is 12.1 Å². The Balaban J connectivity index is 1.69. The van der Waals surface area contributed by atoms with Crippen LogP contribution in [-0.4, -0.2) is 15.8 Å². The molecule has 2 aromatic carbocycles. The van der Waals surface area contributed by atoms with Crippen LogP contribution in [0.3, 0.4) is 0 Å². The number of thioether (sulfide) groups is 1. The van der Waals surface area contributed by atoms with Gasteiger partial charge in [-0.3, -0.25) is 0 Å². The van der Waals surface area contributed by atoms with E-state index >= 15 is 0 Å². The summed E-state index contributed by atoms with van der Waals surface area (Å²) in [4.78, 5) is 4.36. The van der Waals surface area contributed by atoms with Crippen molar-refractivity contribution in [2.75, 3.05) is 11.5 Å². The molecule has 3 aromatic rings. The Bertz CT molecular complexity index is 693. The topological polar surface area (TPSA) is 72.3 Å². The first-order valence-corrected chi connectivity index (χ1v) is 7.23. The van der Waals surface area contributed by atoms with Gasteiger partial charge < -0.3 is 15.3 Å². The number of nitrogens with zero attached hydrogens (tertiary/aromatic N) is 1. The van der Waals surface area contributed by atoms with Crippen molar-refractivity contribution in [2.45, 2.75) is 11.3 Å². The van der Waals surface area contributed by atoms with Gasteiger partial charge in [0.15, 0.2) is 5.58 Å². The van der Waals surface area contributed by atoms with Crippen LogP contribution in [0.15, 0.2) is 58.2 Å². The van der Waals surface area contributed by atoms with Gasteiger partial charge in [0.2, 0.25) is 0 Å². The summed E-state index contributed by atoms with van der Waals surface area (Å²) in [6.45, 7) is 0. The van der Waals surface area contributed by atoms with Crippen molar-refractivity contribution in [3.8, 4) is 0 Å². The van der Waals surface area contributed by atoms with Gasteiger partial charge in [0.1, 0.15) is 5.52 Å².